The second-order valence-corrected chi connectivity index (χ2v) is 8.59. The van der Waals surface area contributed by atoms with Crippen molar-refractivity contribution >= 4 is 27.5 Å². The Morgan fingerprint density at radius 3 is 2.96 bits per heavy atom. The first kappa shape index (κ1) is 17.9. The number of carbonyl (C=O) groups is 1. The Bertz CT molecular complexity index is 1100. The number of nitrogens with zero attached hydrogens (tertiary/aromatic N) is 2. The van der Waals surface area contributed by atoms with Crippen LogP contribution >= 0.6 is 11.3 Å². The maximum atomic E-state index is 13.4. The van der Waals surface area contributed by atoms with E-state index in [2.05, 4.69) is 6.92 Å². The molecule has 0 saturated heterocycles. The van der Waals surface area contributed by atoms with Crippen molar-refractivity contribution in [1.82, 2.24) is 9.55 Å². The molecule has 0 bridgehead atoms. The highest BCUT2D eigenvalue weighted by Gasteiger charge is 2.25. The number of rotatable bonds is 4. The number of primary amides is 1. The SMILES string of the molecule is Cc1cccc(-c2nc3sc4c(c3c(=O)n2CCC(N)=O)CCC(C)C4)c1. The van der Waals surface area contributed by atoms with Crippen LogP contribution in [0.5, 0.6) is 0 Å². The van der Waals surface area contributed by atoms with E-state index in [1.807, 2.05) is 31.2 Å². The second-order valence-electron chi connectivity index (χ2n) is 7.51. The molecule has 6 heteroatoms. The van der Waals surface area contributed by atoms with Crippen molar-refractivity contribution in [1.29, 1.82) is 0 Å². The van der Waals surface area contributed by atoms with Gasteiger partial charge in [-0.15, -0.1) is 11.3 Å². The molecule has 4 rings (SSSR count). The third-order valence-corrected chi connectivity index (χ3v) is 6.42. The summed E-state index contributed by atoms with van der Waals surface area (Å²) in [7, 11) is 0. The summed E-state index contributed by atoms with van der Waals surface area (Å²) in [6, 6.07) is 7.95. The normalized spacial score (nSPS) is 16.4. The van der Waals surface area contributed by atoms with Gasteiger partial charge in [-0.25, -0.2) is 4.98 Å². The molecule has 2 heterocycles. The van der Waals surface area contributed by atoms with Crippen molar-refractivity contribution in [2.75, 3.05) is 0 Å². The van der Waals surface area contributed by atoms with Crippen LogP contribution in [0.15, 0.2) is 29.1 Å². The minimum absolute atomic E-state index is 0.0511. The Morgan fingerprint density at radius 2 is 2.22 bits per heavy atom. The lowest BCUT2D eigenvalue weighted by Crippen LogP contribution is -2.26. The van der Waals surface area contributed by atoms with Gasteiger partial charge in [-0.2, -0.15) is 0 Å². The molecule has 0 radical (unpaired) electrons. The van der Waals surface area contributed by atoms with E-state index in [1.54, 1.807) is 15.9 Å². The van der Waals surface area contributed by atoms with Crippen LogP contribution in [0.25, 0.3) is 21.6 Å². The Labute approximate surface area is 161 Å². The van der Waals surface area contributed by atoms with Crippen LogP contribution < -0.4 is 11.3 Å². The maximum Gasteiger partial charge on any atom is 0.262 e. The number of fused-ring (bicyclic) bond motifs is 3. The van der Waals surface area contributed by atoms with Crippen LogP contribution in [0.1, 0.15) is 35.8 Å². The molecule has 140 valence electrons. The Kier molecular flexibility index (Phi) is 4.60. The molecule has 2 N–H and O–H groups in total. The van der Waals surface area contributed by atoms with Crippen LogP contribution in [0, 0.1) is 12.8 Å². The van der Waals surface area contributed by atoms with E-state index < -0.39 is 5.91 Å². The maximum absolute atomic E-state index is 13.4. The second kappa shape index (κ2) is 6.93. The van der Waals surface area contributed by atoms with Crippen molar-refractivity contribution in [2.24, 2.45) is 11.7 Å². The van der Waals surface area contributed by atoms with Gasteiger partial charge in [-0.3, -0.25) is 14.2 Å². The lowest BCUT2D eigenvalue weighted by atomic mass is 9.89. The summed E-state index contributed by atoms with van der Waals surface area (Å²) in [6.45, 7) is 4.52. The van der Waals surface area contributed by atoms with E-state index in [1.165, 1.54) is 4.88 Å². The highest BCUT2D eigenvalue weighted by Crippen LogP contribution is 2.36. The zero-order valence-electron chi connectivity index (χ0n) is 15.6. The quantitative estimate of drug-likeness (QED) is 0.752. The first-order chi connectivity index (χ1) is 12.9. The van der Waals surface area contributed by atoms with E-state index in [0.717, 1.165) is 46.2 Å². The molecule has 0 spiro atoms. The molecule has 27 heavy (non-hydrogen) atoms. The van der Waals surface area contributed by atoms with Crippen molar-refractivity contribution in [3.63, 3.8) is 0 Å². The molecule has 1 atom stereocenters. The van der Waals surface area contributed by atoms with Gasteiger partial charge in [-0.05, 0) is 43.7 Å². The van der Waals surface area contributed by atoms with Gasteiger partial charge < -0.3 is 5.73 Å². The van der Waals surface area contributed by atoms with E-state index in [4.69, 9.17) is 10.7 Å². The predicted octanol–water partition coefficient (Wildman–Crippen LogP) is 3.43. The van der Waals surface area contributed by atoms with Gasteiger partial charge in [-0.1, -0.05) is 30.7 Å². The number of benzene rings is 1. The van der Waals surface area contributed by atoms with Crippen molar-refractivity contribution < 1.29 is 4.79 Å². The monoisotopic (exact) mass is 381 g/mol. The van der Waals surface area contributed by atoms with E-state index >= 15 is 0 Å². The number of thiophene rings is 1. The summed E-state index contributed by atoms with van der Waals surface area (Å²) in [5, 5.41) is 0.739. The zero-order chi connectivity index (χ0) is 19.1. The van der Waals surface area contributed by atoms with Crippen LogP contribution in [0.2, 0.25) is 0 Å². The van der Waals surface area contributed by atoms with Crippen LogP contribution in [0.4, 0.5) is 0 Å². The predicted molar refractivity (Wildman–Crippen MR) is 109 cm³/mol. The third-order valence-electron chi connectivity index (χ3n) is 5.27. The number of aromatic nitrogens is 2. The van der Waals surface area contributed by atoms with Gasteiger partial charge in [0.1, 0.15) is 10.7 Å². The molecule has 1 unspecified atom stereocenters. The number of aryl methyl sites for hydroxylation is 2. The van der Waals surface area contributed by atoms with E-state index in [-0.39, 0.29) is 18.5 Å². The lowest BCUT2D eigenvalue weighted by molar-refractivity contribution is -0.118. The molecule has 5 nitrogen and oxygen atoms in total. The van der Waals surface area contributed by atoms with Gasteiger partial charge in [0.2, 0.25) is 5.91 Å². The molecule has 1 aliphatic carbocycles. The molecule has 1 amide bonds. The Morgan fingerprint density at radius 1 is 1.41 bits per heavy atom. The van der Waals surface area contributed by atoms with Gasteiger partial charge >= 0.3 is 0 Å². The lowest BCUT2D eigenvalue weighted by Gasteiger charge is -2.18. The van der Waals surface area contributed by atoms with Gasteiger partial charge in [0, 0.05) is 23.4 Å². The number of hydrogen-bond donors (Lipinski definition) is 1. The van der Waals surface area contributed by atoms with Gasteiger partial charge in [0.25, 0.3) is 5.56 Å². The number of carbonyl (C=O) groups excluding carboxylic acids is 1. The molecular weight excluding hydrogens is 358 g/mol. The highest BCUT2D eigenvalue weighted by atomic mass is 32.1. The average Bonchev–Trinajstić information content (AvgIpc) is 2.98. The molecule has 0 fully saturated rings. The molecule has 1 aliphatic rings. The number of hydrogen-bond acceptors (Lipinski definition) is 4. The molecule has 3 aromatic rings. The third kappa shape index (κ3) is 3.30. The highest BCUT2D eigenvalue weighted by molar-refractivity contribution is 7.18. The zero-order valence-corrected chi connectivity index (χ0v) is 16.4. The van der Waals surface area contributed by atoms with Crippen molar-refractivity contribution in [2.45, 2.75) is 46.1 Å². The fourth-order valence-electron chi connectivity index (χ4n) is 3.86. The summed E-state index contributed by atoms with van der Waals surface area (Å²) in [5.41, 5.74) is 8.45. The average molecular weight is 382 g/mol. The van der Waals surface area contributed by atoms with Crippen LogP contribution in [0.3, 0.4) is 0 Å². The molecule has 0 saturated carbocycles. The number of amides is 1. The summed E-state index contributed by atoms with van der Waals surface area (Å²) < 4.78 is 1.63. The first-order valence-electron chi connectivity index (χ1n) is 9.34. The fraction of sp³-hybridized carbons (Fsp3) is 0.381. The van der Waals surface area contributed by atoms with Crippen molar-refractivity contribution in [3.8, 4) is 11.4 Å². The van der Waals surface area contributed by atoms with Crippen LogP contribution in [-0.4, -0.2) is 15.5 Å². The first-order valence-corrected chi connectivity index (χ1v) is 10.2. The summed E-state index contributed by atoms with van der Waals surface area (Å²) >= 11 is 1.65. The molecular formula is C21H23N3O2S. The Hall–Kier alpha value is -2.47. The molecule has 2 aromatic heterocycles. The molecule has 0 aliphatic heterocycles. The van der Waals surface area contributed by atoms with Crippen LogP contribution in [-0.2, 0) is 24.2 Å². The largest absolute Gasteiger partial charge is 0.370 e. The molecule has 1 aromatic carbocycles. The van der Waals surface area contributed by atoms with Gasteiger partial charge in [0.05, 0.1) is 5.39 Å². The van der Waals surface area contributed by atoms with Crippen molar-refractivity contribution in [3.05, 3.63) is 50.6 Å². The van der Waals surface area contributed by atoms with E-state index in [9.17, 15) is 9.59 Å². The van der Waals surface area contributed by atoms with Gasteiger partial charge in [0.15, 0.2) is 0 Å². The summed E-state index contributed by atoms with van der Waals surface area (Å²) in [6.07, 6.45) is 3.15. The number of nitrogens with two attached hydrogens (primary N) is 1. The fourth-order valence-corrected chi connectivity index (χ4v) is 5.23. The van der Waals surface area contributed by atoms with E-state index in [0.29, 0.717) is 11.7 Å². The Balaban J connectivity index is 1.96. The minimum Gasteiger partial charge on any atom is -0.370 e. The minimum atomic E-state index is -0.418. The smallest absolute Gasteiger partial charge is 0.262 e. The summed E-state index contributed by atoms with van der Waals surface area (Å²) in [5.74, 6) is 0.835. The topological polar surface area (TPSA) is 78.0 Å². The summed E-state index contributed by atoms with van der Waals surface area (Å²) in [4.78, 5) is 31.8. The standard InChI is InChI=1S/C21H23N3O2S/c1-12-4-3-5-14(10-12)19-23-20-18(21(26)24(19)9-8-17(22)25)15-7-6-13(2)11-16(15)27-20/h3-5,10,13H,6-9,11H2,1-2H3,(H2,22,25).